The molecule has 0 aliphatic carbocycles. The first-order valence-electron chi connectivity index (χ1n) is 10.3. The molecule has 3 aliphatic heterocycles. The van der Waals surface area contributed by atoms with E-state index in [1.807, 2.05) is 43.3 Å². The molecule has 2 aromatic rings. The number of hydrogen-bond acceptors (Lipinski definition) is 6. The van der Waals surface area contributed by atoms with Crippen molar-refractivity contribution in [2.24, 2.45) is 17.6 Å². The van der Waals surface area contributed by atoms with Crippen LogP contribution in [0, 0.1) is 11.8 Å². The van der Waals surface area contributed by atoms with Gasteiger partial charge in [-0.15, -0.1) is 0 Å². The van der Waals surface area contributed by atoms with E-state index in [0.29, 0.717) is 17.9 Å². The monoisotopic (exact) mass is 496 g/mol. The molecular formula is C24H21BrN2O5. The number of hydrogen-bond donors (Lipinski definition) is 1. The smallest absolute Gasteiger partial charge is 0.328 e. The van der Waals surface area contributed by atoms with Gasteiger partial charge in [-0.25, -0.2) is 9.69 Å². The number of ether oxygens (including phenoxy) is 2. The molecule has 0 spiro atoms. The van der Waals surface area contributed by atoms with E-state index in [1.165, 1.54) is 4.90 Å². The molecule has 32 heavy (non-hydrogen) atoms. The number of fused-ring (bicyclic) bond motifs is 5. The van der Waals surface area contributed by atoms with Crippen molar-refractivity contribution >= 4 is 39.4 Å². The Morgan fingerprint density at radius 2 is 1.84 bits per heavy atom. The lowest BCUT2D eigenvalue weighted by Gasteiger charge is -2.24. The number of carbonyl (C=O) groups excluding carboxylic acids is 3. The molecule has 3 heterocycles. The maximum absolute atomic E-state index is 13.0. The standard InChI is InChI=1S/C24H21BrN2O5/c1-24-11-10-18(32-24)19-20(24)22(29)27(21(19)28)15-6-8-16(9-7-15)31-23(30)17(26)12-13-2-4-14(25)5-3-13/h2-11,17-20H,12,26H2,1H3/t17-,18?,19?,20?,24?/m0/s1. The van der Waals surface area contributed by atoms with Gasteiger partial charge in [0, 0.05) is 4.47 Å². The summed E-state index contributed by atoms with van der Waals surface area (Å²) in [4.78, 5) is 39.6. The molecule has 2 saturated heterocycles. The van der Waals surface area contributed by atoms with Crippen LogP contribution in [0.2, 0.25) is 0 Å². The zero-order chi connectivity index (χ0) is 22.6. The predicted octanol–water partition coefficient (Wildman–Crippen LogP) is 2.76. The van der Waals surface area contributed by atoms with E-state index in [0.717, 1.165) is 10.0 Å². The Morgan fingerprint density at radius 1 is 1.16 bits per heavy atom. The Kier molecular flexibility index (Phi) is 5.03. The third kappa shape index (κ3) is 3.39. The average Bonchev–Trinajstić information content (AvgIpc) is 3.38. The van der Waals surface area contributed by atoms with Crippen molar-refractivity contribution in [1.82, 2.24) is 0 Å². The highest BCUT2D eigenvalue weighted by molar-refractivity contribution is 9.10. The number of nitrogens with zero attached hydrogens (tertiary/aromatic N) is 1. The number of amides is 2. The number of benzene rings is 2. The van der Waals surface area contributed by atoms with Crippen molar-refractivity contribution in [3.8, 4) is 5.75 Å². The molecule has 2 bridgehead atoms. The van der Waals surface area contributed by atoms with Gasteiger partial charge in [0.1, 0.15) is 11.8 Å². The van der Waals surface area contributed by atoms with Crippen LogP contribution in [-0.4, -0.2) is 35.5 Å². The minimum atomic E-state index is -0.819. The first kappa shape index (κ1) is 21.1. The number of rotatable bonds is 5. The summed E-state index contributed by atoms with van der Waals surface area (Å²) >= 11 is 3.37. The summed E-state index contributed by atoms with van der Waals surface area (Å²) in [6.07, 6.45) is 3.71. The highest BCUT2D eigenvalue weighted by Gasteiger charge is 2.66. The molecule has 0 aromatic heterocycles. The van der Waals surface area contributed by atoms with Gasteiger partial charge in [0.2, 0.25) is 11.8 Å². The number of halogens is 1. The number of esters is 1. The van der Waals surface area contributed by atoms with E-state index >= 15 is 0 Å². The van der Waals surface area contributed by atoms with E-state index < -0.39 is 29.4 Å². The molecule has 2 aromatic carbocycles. The third-order valence-corrected chi connectivity index (χ3v) is 6.84. The molecule has 2 amide bonds. The fourth-order valence-corrected chi connectivity index (χ4v) is 4.98. The Morgan fingerprint density at radius 3 is 2.50 bits per heavy atom. The van der Waals surface area contributed by atoms with Crippen LogP contribution < -0.4 is 15.4 Å². The number of nitrogens with two attached hydrogens (primary N) is 1. The van der Waals surface area contributed by atoms with Crippen molar-refractivity contribution in [1.29, 1.82) is 0 Å². The Labute approximate surface area is 193 Å². The van der Waals surface area contributed by atoms with Crippen molar-refractivity contribution in [3.05, 3.63) is 70.7 Å². The van der Waals surface area contributed by atoms with Gasteiger partial charge >= 0.3 is 5.97 Å². The summed E-state index contributed by atoms with van der Waals surface area (Å²) in [6.45, 7) is 1.84. The third-order valence-electron chi connectivity index (χ3n) is 6.31. The fraction of sp³-hybridized carbons (Fsp3) is 0.292. The summed E-state index contributed by atoms with van der Waals surface area (Å²) in [7, 11) is 0. The van der Waals surface area contributed by atoms with Crippen LogP contribution in [0.1, 0.15) is 12.5 Å². The Bertz CT molecular complexity index is 1130. The van der Waals surface area contributed by atoms with Crippen molar-refractivity contribution in [2.45, 2.75) is 31.1 Å². The molecular weight excluding hydrogens is 476 g/mol. The normalized spacial score (nSPS) is 28.8. The van der Waals surface area contributed by atoms with Gasteiger partial charge < -0.3 is 15.2 Å². The minimum absolute atomic E-state index is 0.265. The molecule has 3 aliphatic rings. The Hall–Kier alpha value is -2.81. The summed E-state index contributed by atoms with van der Waals surface area (Å²) in [6, 6.07) is 13.0. The van der Waals surface area contributed by atoms with Gasteiger partial charge in [-0.05, 0) is 55.3 Å². The number of imide groups is 1. The van der Waals surface area contributed by atoms with E-state index in [-0.39, 0.29) is 17.9 Å². The number of anilines is 1. The SMILES string of the molecule is CC12C=CC(O1)C1C(=O)N(c3ccc(OC(=O)[C@@H](N)Cc4ccc(Br)cc4)cc3)C(=O)C12. The molecule has 0 radical (unpaired) electrons. The van der Waals surface area contributed by atoms with E-state index in [1.54, 1.807) is 24.3 Å². The van der Waals surface area contributed by atoms with Crippen LogP contribution in [0.4, 0.5) is 5.69 Å². The summed E-state index contributed by atoms with van der Waals surface area (Å²) in [5, 5.41) is 0. The van der Waals surface area contributed by atoms with Gasteiger partial charge in [0.15, 0.2) is 0 Å². The number of carbonyl (C=O) groups is 3. The average molecular weight is 497 g/mol. The van der Waals surface area contributed by atoms with Crippen LogP contribution in [-0.2, 0) is 25.5 Å². The summed E-state index contributed by atoms with van der Waals surface area (Å²) in [5.74, 6) is -1.81. The molecule has 5 rings (SSSR count). The van der Waals surface area contributed by atoms with Crippen molar-refractivity contribution in [2.75, 3.05) is 4.90 Å². The molecule has 164 valence electrons. The second-order valence-corrected chi connectivity index (χ2v) is 9.41. The topological polar surface area (TPSA) is 98.9 Å². The lowest BCUT2D eigenvalue weighted by Crippen LogP contribution is -2.38. The van der Waals surface area contributed by atoms with Crippen molar-refractivity contribution < 1.29 is 23.9 Å². The van der Waals surface area contributed by atoms with Crippen LogP contribution >= 0.6 is 15.9 Å². The molecule has 4 unspecified atom stereocenters. The molecule has 2 N–H and O–H groups in total. The summed E-state index contributed by atoms with van der Waals surface area (Å²) < 4.78 is 12.2. The minimum Gasteiger partial charge on any atom is -0.425 e. The summed E-state index contributed by atoms with van der Waals surface area (Å²) in [5.41, 5.74) is 6.62. The second kappa shape index (κ2) is 7.65. The predicted molar refractivity (Wildman–Crippen MR) is 120 cm³/mol. The maximum atomic E-state index is 13.0. The highest BCUT2D eigenvalue weighted by Crippen LogP contribution is 2.52. The van der Waals surface area contributed by atoms with Gasteiger partial charge in [-0.1, -0.05) is 40.2 Å². The van der Waals surface area contributed by atoms with E-state index in [4.69, 9.17) is 15.2 Å². The van der Waals surface area contributed by atoms with E-state index in [2.05, 4.69) is 15.9 Å². The maximum Gasteiger partial charge on any atom is 0.328 e. The lowest BCUT2D eigenvalue weighted by molar-refractivity contribution is -0.136. The molecule has 2 fully saturated rings. The van der Waals surface area contributed by atoms with E-state index in [9.17, 15) is 14.4 Å². The van der Waals surface area contributed by atoms with Gasteiger partial charge in [0.05, 0.1) is 29.2 Å². The van der Waals surface area contributed by atoms with Crippen LogP contribution in [0.25, 0.3) is 0 Å². The zero-order valence-corrected chi connectivity index (χ0v) is 18.8. The Balaban J connectivity index is 1.26. The van der Waals surface area contributed by atoms with Crippen LogP contribution in [0.5, 0.6) is 5.75 Å². The largest absolute Gasteiger partial charge is 0.425 e. The molecule has 8 heteroatoms. The first-order chi connectivity index (χ1) is 15.3. The van der Waals surface area contributed by atoms with Gasteiger partial charge in [-0.2, -0.15) is 0 Å². The van der Waals surface area contributed by atoms with Crippen LogP contribution in [0.3, 0.4) is 0 Å². The lowest BCUT2D eigenvalue weighted by atomic mass is 9.78. The zero-order valence-electron chi connectivity index (χ0n) is 17.2. The first-order valence-corrected chi connectivity index (χ1v) is 11.1. The molecule has 5 atom stereocenters. The highest BCUT2D eigenvalue weighted by atomic mass is 79.9. The molecule has 0 saturated carbocycles. The van der Waals surface area contributed by atoms with Crippen molar-refractivity contribution in [3.63, 3.8) is 0 Å². The van der Waals surface area contributed by atoms with Gasteiger partial charge in [0.25, 0.3) is 0 Å². The molecule has 7 nitrogen and oxygen atoms in total. The van der Waals surface area contributed by atoms with Gasteiger partial charge in [-0.3, -0.25) is 9.59 Å². The quantitative estimate of drug-likeness (QED) is 0.295. The second-order valence-electron chi connectivity index (χ2n) is 8.49. The fourth-order valence-electron chi connectivity index (χ4n) is 4.72. The van der Waals surface area contributed by atoms with Crippen LogP contribution in [0.15, 0.2) is 65.2 Å².